The summed E-state index contributed by atoms with van der Waals surface area (Å²) in [5.41, 5.74) is 16.0. The van der Waals surface area contributed by atoms with Gasteiger partial charge in [-0.15, -0.1) is 0 Å². The maximum atomic E-state index is 6.55. The van der Waals surface area contributed by atoms with Crippen molar-refractivity contribution in [3.8, 4) is 45.2 Å². The monoisotopic (exact) mass is 787 g/mol. The molecule has 0 fully saturated rings. The van der Waals surface area contributed by atoms with Crippen molar-refractivity contribution in [2.45, 2.75) is 31.2 Å². The molecular weight excluding hydrogens is 751 g/mol. The molecule has 61 heavy (non-hydrogen) atoms. The summed E-state index contributed by atoms with van der Waals surface area (Å²) in [5.74, 6) is 1.92. The van der Waals surface area contributed by atoms with Crippen LogP contribution in [-0.4, -0.2) is 4.40 Å². The molecule has 0 amide bonds. The number of para-hydroxylation sites is 1. The van der Waals surface area contributed by atoms with Crippen LogP contribution in [0.3, 0.4) is 0 Å². The summed E-state index contributed by atoms with van der Waals surface area (Å²) >= 11 is 0. The number of furan rings is 3. The predicted molar refractivity (Wildman–Crippen MR) is 242 cm³/mol. The molecule has 2 aliphatic heterocycles. The average Bonchev–Trinajstić information content (AvgIpc) is 4.16. The zero-order valence-corrected chi connectivity index (χ0v) is 33.1. The van der Waals surface area contributed by atoms with Crippen LogP contribution in [0.15, 0.2) is 184 Å². The zero-order valence-electron chi connectivity index (χ0n) is 33.1. The Morgan fingerprint density at radius 3 is 2.11 bits per heavy atom. The van der Waals surface area contributed by atoms with Crippen molar-refractivity contribution in [3.63, 3.8) is 0 Å². The highest BCUT2D eigenvalue weighted by Gasteiger charge is 2.42. The third-order valence-corrected chi connectivity index (χ3v) is 13.8. The summed E-state index contributed by atoms with van der Waals surface area (Å²) in [7, 11) is 0. The maximum Gasteiger partial charge on any atom is 0.218 e. The van der Waals surface area contributed by atoms with Crippen molar-refractivity contribution in [2.75, 3.05) is 0 Å². The van der Waals surface area contributed by atoms with Gasteiger partial charge in [-0.25, -0.2) is 0 Å². The van der Waals surface area contributed by atoms with Crippen LogP contribution in [0.1, 0.15) is 35.9 Å². The second-order valence-corrected chi connectivity index (χ2v) is 16.9. The fraction of sp³-hybridized carbons (Fsp3) is 0.0909. The van der Waals surface area contributed by atoms with E-state index in [-0.39, 0.29) is 6.04 Å². The Kier molecular flexibility index (Phi) is 6.62. The molecule has 0 saturated heterocycles. The Balaban J connectivity index is 1.11. The summed E-state index contributed by atoms with van der Waals surface area (Å²) in [6, 6.07) is 50.6. The normalized spacial score (nSPS) is 16.4. The van der Waals surface area contributed by atoms with Crippen molar-refractivity contribution in [1.82, 2.24) is 4.40 Å². The second kappa shape index (κ2) is 12.2. The van der Waals surface area contributed by atoms with Crippen molar-refractivity contribution in [2.24, 2.45) is 0 Å². The first-order valence-electron chi connectivity index (χ1n) is 21.2. The smallest absolute Gasteiger partial charge is 0.218 e. The molecule has 7 aromatic heterocycles. The Morgan fingerprint density at radius 1 is 0.574 bits per heavy atom. The van der Waals surface area contributed by atoms with Crippen LogP contribution in [0.25, 0.3) is 111 Å². The van der Waals surface area contributed by atoms with E-state index in [0.29, 0.717) is 5.92 Å². The van der Waals surface area contributed by atoms with Gasteiger partial charge < -0.3 is 17.7 Å². The number of hydrogen-bond donors (Lipinski definition) is 0. The Bertz CT molecular complexity index is 3770. The summed E-state index contributed by atoms with van der Waals surface area (Å²) < 4.78 is 26.4. The molecule has 0 radical (unpaired) electrons. The first-order valence-corrected chi connectivity index (χ1v) is 21.2. The molecule has 288 valence electrons. The summed E-state index contributed by atoms with van der Waals surface area (Å²) in [6.45, 7) is 4.82. The Hall–Kier alpha value is -7.70. The molecule has 12 aromatic rings. The van der Waals surface area contributed by atoms with E-state index in [0.717, 1.165) is 102 Å². The van der Waals surface area contributed by atoms with Crippen LogP contribution < -0.4 is 9.13 Å². The molecule has 0 spiro atoms. The summed E-state index contributed by atoms with van der Waals surface area (Å²) in [5, 5.41) is 6.81. The fourth-order valence-corrected chi connectivity index (χ4v) is 11.3. The molecule has 0 N–H and O–H groups in total. The SMILES string of the molecule is C=C1CC2C(CCc3cc4c(cc3-c3cccc[n+]31)c1c(-c3ccco3)cc(-c3ccco3)c3c5cc6oc7ccccc7c6cc5n4c13)c1ccccc1-c1cccc[n+]12. The highest BCUT2D eigenvalue weighted by Crippen LogP contribution is 2.51. The second-order valence-electron chi connectivity index (χ2n) is 16.9. The maximum absolute atomic E-state index is 6.55. The fourth-order valence-electron chi connectivity index (χ4n) is 11.3. The number of nitrogens with zero attached hydrogens (tertiary/aromatic N) is 3. The van der Waals surface area contributed by atoms with Crippen molar-refractivity contribution in [3.05, 3.63) is 182 Å². The van der Waals surface area contributed by atoms with Gasteiger partial charge in [-0.3, -0.25) is 0 Å². The van der Waals surface area contributed by atoms with Gasteiger partial charge in [0.2, 0.25) is 11.4 Å². The summed E-state index contributed by atoms with van der Waals surface area (Å²) in [6.07, 6.45) is 10.7. The van der Waals surface area contributed by atoms with E-state index in [2.05, 4.69) is 147 Å². The van der Waals surface area contributed by atoms with Gasteiger partial charge in [0.25, 0.3) is 0 Å². The lowest BCUT2D eigenvalue weighted by molar-refractivity contribution is -0.720. The third-order valence-electron chi connectivity index (χ3n) is 13.8. The van der Waals surface area contributed by atoms with Crippen LogP contribution in [0, 0.1) is 0 Å². The van der Waals surface area contributed by atoms with Crippen LogP contribution in [0.5, 0.6) is 0 Å². The molecule has 0 aliphatic carbocycles. The van der Waals surface area contributed by atoms with Gasteiger partial charge in [0.05, 0.1) is 41.1 Å². The molecule has 6 heteroatoms. The molecule has 2 atom stereocenters. The summed E-state index contributed by atoms with van der Waals surface area (Å²) in [4.78, 5) is 0. The van der Waals surface area contributed by atoms with Gasteiger partial charge in [0, 0.05) is 79.2 Å². The molecule has 0 bridgehead atoms. The first kappa shape index (κ1) is 33.2. The minimum atomic E-state index is 0.218. The van der Waals surface area contributed by atoms with Gasteiger partial charge in [-0.05, 0) is 109 Å². The highest BCUT2D eigenvalue weighted by atomic mass is 16.3. The largest absolute Gasteiger partial charge is 0.464 e. The molecule has 6 nitrogen and oxygen atoms in total. The molecular formula is C55H37N3O3+2. The van der Waals surface area contributed by atoms with Crippen LogP contribution in [-0.2, 0) is 6.42 Å². The number of hydrogen-bond acceptors (Lipinski definition) is 3. The number of pyridine rings is 2. The van der Waals surface area contributed by atoms with E-state index in [1.807, 2.05) is 18.2 Å². The molecule has 0 saturated carbocycles. The van der Waals surface area contributed by atoms with E-state index in [9.17, 15) is 0 Å². The highest BCUT2D eigenvalue weighted by molar-refractivity contribution is 6.31. The number of fused-ring (bicyclic) bond motifs is 18. The van der Waals surface area contributed by atoms with Gasteiger partial charge in [0.1, 0.15) is 22.7 Å². The number of allylic oxidation sites excluding steroid dienone is 1. The van der Waals surface area contributed by atoms with Gasteiger partial charge in [0.15, 0.2) is 24.1 Å². The van der Waals surface area contributed by atoms with Crippen LogP contribution in [0.4, 0.5) is 0 Å². The molecule has 9 heterocycles. The van der Waals surface area contributed by atoms with E-state index in [1.54, 1.807) is 12.5 Å². The predicted octanol–water partition coefficient (Wildman–Crippen LogP) is 13.3. The van der Waals surface area contributed by atoms with E-state index in [4.69, 9.17) is 19.8 Å². The van der Waals surface area contributed by atoms with E-state index < -0.39 is 0 Å². The van der Waals surface area contributed by atoms with Gasteiger partial charge >= 0.3 is 0 Å². The first-order chi connectivity index (χ1) is 30.2. The Morgan fingerprint density at radius 2 is 1.30 bits per heavy atom. The van der Waals surface area contributed by atoms with E-state index in [1.165, 1.54) is 38.9 Å². The van der Waals surface area contributed by atoms with Gasteiger partial charge in [-0.2, -0.15) is 9.13 Å². The minimum Gasteiger partial charge on any atom is -0.464 e. The van der Waals surface area contributed by atoms with Crippen molar-refractivity contribution >= 4 is 65.7 Å². The number of aryl methyl sites for hydroxylation is 1. The average molecular weight is 788 g/mol. The van der Waals surface area contributed by atoms with Crippen LogP contribution in [0.2, 0.25) is 0 Å². The van der Waals surface area contributed by atoms with Crippen molar-refractivity contribution in [1.29, 1.82) is 0 Å². The van der Waals surface area contributed by atoms with E-state index >= 15 is 0 Å². The quantitative estimate of drug-likeness (QED) is 0.164. The molecule has 2 aliphatic rings. The molecule has 5 aromatic carbocycles. The zero-order chi connectivity index (χ0) is 39.9. The molecule has 2 unspecified atom stereocenters. The van der Waals surface area contributed by atoms with Crippen molar-refractivity contribution < 1.29 is 22.4 Å². The number of benzene rings is 5. The number of aromatic nitrogens is 3. The number of rotatable bonds is 2. The van der Waals surface area contributed by atoms with Gasteiger partial charge in [-0.1, -0.05) is 36.4 Å². The third kappa shape index (κ3) is 4.51. The van der Waals surface area contributed by atoms with Crippen LogP contribution >= 0.6 is 0 Å². The lowest BCUT2D eigenvalue weighted by Crippen LogP contribution is -2.49. The topological polar surface area (TPSA) is 51.6 Å². The standard InChI is InChI=1S/C55H37N3O3/c1-32-26-46-36(34-12-2-3-13-35(34)44-15-7-9-23-57(44)46)21-20-33-27-47-40(28-38(33)45-16-6-8-22-56(32)45)53-42(49-18-10-24-59-49)29-43(50-19-11-25-60-50)54-41-31-52-39(30-48(41)58(47)55(53)54)37-14-4-5-17-51(37)61-52/h2-19,22-25,27-31,36,46H,1,20-21,26H2/q+2. The Labute approximate surface area is 349 Å². The lowest BCUT2D eigenvalue weighted by Gasteiger charge is -2.31. The molecule has 14 rings (SSSR count). The minimum absolute atomic E-state index is 0.218. The lowest BCUT2D eigenvalue weighted by atomic mass is 9.77.